The van der Waals surface area contributed by atoms with Gasteiger partial charge in [0.1, 0.15) is 24.4 Å². The van der Waals surface area contributed by atoms with Crippen molar-refractivity contribution >= 4 is 39.6 Å². The highest BCUT2D eigenvalue weighted by molar-refractivity contribution is 9.11. The van der Waals surface area contributed by atoms with Crippen LogP contribution in [0.1, 0.15) is 57.6 Å². The van der Waals surface area contributed by atoms with Gasteiger partial charge in [-0.3, -0.25) is 19.2 Å². The lowest BCUT2D eigenvalue weighted by atomic mass is 9.74. The summed E-state index contributed by atoms with van der Waals surface area (Å²) in [6.45, 7) is 4.28. The van der Waals surface area contributed by atoms with E-state index in [-0.39, 0.29) is 50.5 Å². The topological polar surface area (TPSA) is 125 Å². The van der Waals surface area contributed by atoms with Gasteiger partial charge in [0.2, 0.25) is 17.7 Å². The molecule has 2 fully saturated rings. The molecule has 4 aliphatic heterocycles. The Morgan fingerprint density at radius 2 is 1.91 bits per heavy atom. The number of esters is 1. The summed E-state index contributed by atoms with van der Waals surface area (Å²) in [7, 11) is 0. The van der Waals surface area contributed by atoms with E-state index < -0.39 is 47.5 Å². The van der Waals surface area contributed by atoms with Gasteiger partial charge in [-0.25, -0.2) is 0 Å². The zero-order valence-corrected chi connectivity index (χ0v) is 26.2. The number of hydrogen-bond donors (Lipinski definition) is 2. The molecule has 0 saturated carbocycles. The van der Waals surface area contributed by atoms with Crippen molar-refractivity contribution in [2.24, 2.45) is 11.8 Å². The Labute approximate surface area is 260 Å². The lowest BCUT2D eigenvalue weighted by Crippen LogP contribution is -2.57. The number of allylic oxidation sites excluding steroid dienone is 1. The molecule has 1 aromatic rings. The number of aliphatic hydroxyl groups is 1. The minimum absolute atomic E-state index is 0.0661. The Balaban J connectivity index is 1.58. The first kappa shape index (κ1) is 31.4. The van der Waals surface area contributed by atoms with Gasteiger partial charge in [-0.1, -0.05) is 71.8 Å². The number of amides is 3. The van der Waals surface area contributed by atoms with E-state index in [1.54, 1.807) is 11.0 Å². The van der Waals surface area contributed by atoms with E-state index in [9.17, 15) is 24.3 Å². The molecule has 0 aromatic heterocycles. The van der Waals surface area contributed by atoms with Crippen LogP contribution in [0.15, 0.2) is 53.0 Å². The lowest BCUT2D eigenvalue weighted by molar-refractivity contribution is -0.149. The third-order valence-corrected chi connectivity index (χ3v) is 9.63. The maximum absolute atomic E-state index is 14.6. The van der Waals surface area contributed by atoms with Crippen LogP contribution in [0.5, 0.6) is 0 Å². The molecule has 43 heavy (non-hydrogen) atoms. The third kappa shape index (κ3) is 5.91. The van der Waals surface area contributed by atoms with Gasteiger partial charge < -0.3 is 29.7 Å². The Hall–Kier alpha value is -3.02. The zero-order chi connectivity index (χ0) is 30.7. The average molecular weight is 659 g/mol. The van der Waals surface area contributed by atoms with Crippen LogP contribution in [0, 0.1) is 11.8 Å². The number of nitrogens with zero attached hydrogens (tertiary/aromatic N) is 2. The predicted octanol–water partition coefficient (Wildman–Crippen LogP) is 3.01. The summed E-state index contributed by atoms with van der Waals surface area (Å²) < 4.78 is 12.8. The van der Waals surface area contributed by atoms with E-state index >= 15 is 0 Å². The average Bonchev–Trinajstić information content (AvgIpc) is 3.58. The fourth-order valence-corrected chi connectivity index (χ4v) is 7.66. The molecule has 4 aliphatic rings. The van der Waals surface area contributed by atoms with Crippen molar-refractivity contribution in [2.45, 2.75) is 75.8 Å². The molecule has 0 radical (unpaired) electrons. The van der Waals surface area contributed by atoms with Crippen LogP contribution in [-0.4, -0.2) is 88.7 Å². The van der Waals surface area contributed by atoms with Crippen molar-refractivity contribution in [3.8, 4) is 0 Å². The van der Waals surface area contributed by atoms with Crippen molar-refractivity contribution in [3.63, 3.8) is 0 Å². The Morgan fingerprint density at radius 1 is 1.14 bits per heavy atom. The zero-order valence-electron chi connectivity index (χ0n) is 24.6. The molecular formula is C32H40BrN3O7. The van der Waals surface area contributed by atoms with Crippen molar-refractivity contribution in [1.29, 1.82) is 0 Å². The molecule has 0 aliphatic carbocycles. The maximum atomic E-state index is 14.6. The molecule has 10 nitrogen and oxygen atoms in total. The summed E-state index contributed by atoms with van der Waals surface area (Å²) in [5.41, 5.74) is -0.586. The number of ether oxygens (including phenoxy) is 2. The lowest BCUT2D eigenvalue weighted by Gasteiger charge is -2.38. The summed E-state index contributed by atoms with van der Waals surface area (Å²) in [5.74, 6) is -3.26. The van der Waals surface area contributed by atoms with Crippen molar-refractivity contribution in [2.75, 3.05) is 26.3 Å². The van der Waals surface area contributed by atoms with Crippen molar-refractivity contribution in [3.05, 3.63) is 58.6 Å². The largest absolute Gasteiger partial charge is 0.463 e. The number of aliphatic hydroxyl groups excluding tert-OH is 1. The molecule has 232 valence electrons. The van der Waals surface area contributed by atoms with E-state index in [1.165, 1.54) is 4.90 Å². The second-order valence-electron chi connectivity index (χ2n) is 11.7. The van der Waals surface area contributed by atoms with Gasteiger partial charge in [-0.2, -0.15) is 0 Å². The van der Waals surface area contributed by atoms with Crippen molar-refractivity contribution < 1.29 is 33.8 Å². The Morgan fingerprint density at radius 3 is 2.63 bits per heavy atom. The molecule has 1 unspecified atom stereocenters. The summed E-state index contributed by atoms with van der Waals surface area (Å²) in [5, 5.41) is 12.7. The monoisotopic (exact) mass is 657 g/mol. The predicted molar refractivity (Wildman–Crippen MR) is 162 cm³/mol. The summed E-state index contributed by atoms with van der Waals surface area (Å²) in [4.78, 5) is 58.8. The molecule has 4 heterocycles. The van der Waals surface area contributed by atoms with Gasteiger partial charge in [0, 0.05) is 36.6 Å². The second kappa shape index (κ2) is 13.3. The number of carbonyl (C=O) groups excluding carboxylic acids is 4. The number of carbonyl (C=O) groups is 4. The van der Waals surface area contributed by atoms with Gasteiger partial charge in [-0.05, 0) is 37.8 Å². The van der Waals surface area contributed by atoms with E-state index in [2.05, 4.69) is 28.2 Å². The van der Waals surface area contributed by atoms with Gasteiger partial charge >= 0.3 is 5.97 Å². The highest BCUT2D eigenvalue weighted by Crippen LogP contribution is 2.58. The standard InChI is InChI=1S/C32H40BrN3O7/c1-3-11-20(2)35-15-9-5-8-14-24(38)42-19-23(21-12-6-4-7-13-21)34-29(39)25-26-30(40)36(16-10-17-37)28(31(35)41)32(26)18-22(33)27(25)43-32/h4-7,9,12-13,18,20,23,25-28,37H,3,8,10-11,14-17,19H2,1-2H3,(H,34,39)/b9-5-/t20?,23-,25-,26+,27-,28-,32+/m1/s1. The highest BCUT2D eigenvalue weighted by atomic mass is 79.9. The van der Waals surface area contributed by atoms with Gasteiger partial charge in [0.15, 0.2) is 0 Å². The van der Waals surface area contributed by atoms with E-state index in [4.69, 9.17) is 9.47 Å². The minimum atomic E-state index is -1.34. The number of fused-ring (bicyclic) bond motifs is 2. The SMILES string of the molecule is CCCC(C)N1C/C=C\CCC(=O)OC[C@H](c2ccccc2)NC(=O)[C@H]2[C@@H]3O[C@@]4(C=C3Br)[C@@H]2C(=O)N(CCCO)[C@@H]4C1=O. The number of rotatable bonds is 7. The third-order valence-electron chi connectivity index (χ3n) is 8.95. The number of hydrogen-bond acceptors (Lipinski definition) is 7. The maximum Gasteiger partial charge on any atom is 0.306 e. The summed E-state index contributed by atoms with van der Waals surface area (Å²) in [6, 6.07) is 7.46. The smallest absolute Gasteiger partial charge is 0.306 e. The first-order valence-corrected chi connectivity index (χ1v) is 16.0. The Bertz CT molecular complexity index is 1290. The van der Waals surface area contributed by atoms with E-state index in [0.717, 1.165) is 18.4 Å². The number of likely N-dealkylation sites (tertiary alicyclic amines) is 1. The number of benzene rings is 1. The first-order chi connectivity index (χ1) is 20.7. The van der Waals surface area contributed by atoms with Gasteiger partial charge in [0.25, 0.3) is 0 Å². The minimum Gasteiger partial charge on any atom is -0.463 e. The van der Waals surface area contributed by atoms with E-state index in [1.807, 2.05) is 49.4 Å². The van der Waals surface area contributed by atoms with Crippen LogP contribution in [-0.2, 0) is 28.7 Å². The van der Waals surface area contributed by atoms with Gasteiger partial charge in [-0.15, -0.1) is 0 Å². The van der Waals surface area contributed by atoms with Crippen LogP contribution in [0.2, 0.25) is 0 Å². The van der Waals surface area contributed by atoms with Crippen LogP contribution in [0.4, 0.5) is 0 Å². The molecule has 1 aromatic carbocycles. The quantitative estimate of drug-likeness (QED) is 0.341. The van der Waals surface area contributed by atoms with Gasteiger partial charge in [0.05, 0.1) is 17.9 Å². The molecule has 5 rings (SSSR count). The van der Waals surface area contributed by atoms with Crippen LogP contribution >= 0.6 is 15.9 Å². The molecular weight excluding hydrogens is 618 g/mol. The molecule has 2 N–H and O–H groups in total. The molecule has 3 amide bonds. The fraction of sp³-hybridized carbons (Fsp3) is 0.562. The summed E-state index contributed by atoms with van der Waals surface area (Å²) in [6.07, 6.45) is 7.30. The molecule has 11 heteroatoms. The van der Waals surface area contributed by atoms with Crippen LogP contribution in [0.25, 0.3) is 0 Å². The van der Waals surface area contributed by atoms with Crippen LogP contribution < -0.4 is 5.32 Å². The number of cyclic esters (lactones) is 1. The molecule has 5 bridgehead atoms. The molecule has 7 atom stereocenters. The number of nitrogens with one attached hydrogen (secondary N) is 1. The normalized spacial score (nSPS) is 32.7. The Kier molecular flexibility index (Phi) is 9.73. The summed E-state index contributed by atoms with van der Waals surface area (Å²) >= 11 is 3.59. The van der Waals surface area contributed by atoms with Crippen LogP contribution in [0.3, 0.4) is 0 Å². The highest BCUT2D eigenvalue weighted by Gasteiger charge is 2.74. The fourth-order valence-electron chi connectivity index (χ4n) is 6.92. The molecule has 1 spiro atoms. The molecule has 2 saturated heterocycles. The second-order valence-corrected chi connectivity index (χ2v) is 12.6. The first-order valence-electron chi connectivity index (χ1n) is 15.2. The van der Waals surface area contributed by atoms with Crippen molar-refractivity contribution in [1.82, 2.24) is 15.1 Å². The number of halogens is 1. The van der Waals surface area contributed by atoms with E-state index in [0.29, 0.717) is 17.4 Å².